The SMILES string of the molecule is N/C(CCOc1ccc(C(F)(F)F)cc1)=N\O. The number of hydrogen-bond acceptors (Lipinski definition) is 3. The van der Waals surface area contributed by atoms with Crippen molar-refractivity contribution in [1.29, 1.82) is 0 Å². The lowest BCUT2D eigenvalue weighted by atomic mass is 10.2. The molecule has 94 valence electrons. The zero-order valence-electron chi connectivity index (χ0n) is 8.74. The van der Waals surface area contributed by atoms with Crippen molar-refractivity contribution in [3.63, 3.8) is 0 Å². The molecule has 0 saturated carbocycles. The van der Waals surface area contributed by atoms with Crippen LogP contribution >= 0.6 is 0 Å². The molecule has 4 nitrogen and oxygen atoms in total. The summed E-state index contributed by atoms with van der Waals surface area (Å²) >= 11 is 0. The first-order valence-electron chi connectivity index (χ1n) is 4.70. The van der Waals surface area contributed by atoms with Gasteiger partial charge in [0.05, 0.1) is 12.2 Å². The molecule has 1 aromatic carbocycles. The number of nitrogens with two attached hydrogens (primary N) is 1. The monoisotopic (exact) mass is 248 g/mol. The standard InChI is InChI=1S/C10H11F3N2O2/c11-10(12,13)7-1-3-8(4-2-7)17-6-5-9(14)15-16/h1-4,16H,5-6H2,(H2,14,15). The van der Waals surface area contributed by atoms with Crippen molar-refractivity contribution >= 4 is 5.84 Å². The minimum absolute atomic E-state index is 0.00286. The summed E-state index contributed by atoms with van der Waals surface area (Å²) in [6.07, 6.45) is -4.16. The van der Waals surface area contributed by atoms with E-state index in [0.717, 1.165) is 12.1 Å². The van der Waals surface area contributed by atoms with Crippen LogP contribution in [0.1, 0.15) is 12.0 Å². The highest BCUT2D eigenvalue weighted by Gasteiger charge is 2.29. The summed E-state index contributed by atoms with van der Waals surface area (Å²) in [5.74, 6) is 0.292. The van der Waals surface area contributed by atoms with E-state index in [9.17, 15) is 13.2 Å². The second-order valence-electron chi connectivity index (χ2n) is 3.21. The highest BCUT2D eigenvalue weighted by Crippen LogP contribution is 2.30. The quantitative estimate of drug-likeness (QED) is 0.371. The molecule has 0 heterocycles. The van der Waals surface area contributed by atoms with E-state index in [1.807, 2.05) is 0 Å². The third-order valence-corrected chi connectivity index (χ3v) is 1.94. The molecule has 0 spiro atoms. The molecule has 1 rings (SSSR count). The van der Waals surface area contributed by atoms with Gasteiger partial charge < -0.3 is 15.7 Å². The zero-order chi connectivity index (χ0) is 12.9. The minimum Gasteiger partial charge on any atom is -0.493 e. The van der Waals surface area contributed by atoms with Crippen LogP contribution in [0.4, 0.5) is 13.2 Å². The predicted molar refractivity (Wildman–Crippen MR) is 55.0 cm³/mol. The summed E-state index contributed by atoms with van der Waals surface area (Å²) in [6, 6.07) is 4.29. The maximum atomic E-state index is 12.2. The van der Waals surface area contributed by atoms with Crippen LogP contribution in [0.5, 0.6) is 5.75 Å². The second-order valence-corrected chi connectivity index (χ2v) is 3.21. The summed E-state index contributed by atoms with van der Waals surface area (Å²) in [4.78, 5) is 0. The van der Waals surface area contributed by atoms with E-state index < -0.39 is 11.7 Å². The lowest BCUT2D eigenvalue weighted by Crippen LogP contribution is -2.15. The number of hydrogen-bond donors (Lipinski definition) is 2. The van der Waals surface area contributed by atoms with E-state index in [1.165, 1.54) is 12.1 Å². The molecule has 0 bridgehead atoms. The topological polar surface area (TPSA) is 67.8 Å². The molecule has 0 unspecified atom stereocenters. The molecule has 0 aromatic heterocycles. The number of rotatable bonds is 4. The van der Waals surface area contributed by atoms with E-state index >= 15 is 0 Å². The largest absolute Gasteiger partial charge is 0.493 e. The van der Waals surface area contributed by atoms with E-state index in [2.05, 4.69) is 5.16 Å². The first-order chi connectivity index (χ1) is 7.93. The van der Waals surface area contributed by atoms with Gasteiger partial charge >= 0.3 is 6.18 Å². The molecule has 0 fully saturated rings. The lowest BCUT2D eigenvalue weighted by Gasteiger charge is -2.08. The van der Waals surface area contributed by atoms with Gasteiger partial charge in [0.25, 0.3) is 0 Å². The fraction of sp³-hybridized carbons (Fsp3) is 0.300. The number of ether oxygens (including phenoxy) is 1. The Morgan fingerprint density at radius 3 is 2.35 bits per heavy atom. The molecule has 0 radical (unpaired) electrons. The van der Waals surface area contributed by atoms with Gasteiger partial charge in [0.15, 0.2) is 0 Å². The highest BCUT2D eigenvalue weighted by atomic mass is 19.4. The normalized spacial score (nSPS) is 12.5. The predicted octanol–water partition coefficient (Wildman–Crippen LogP) is 2.22. The van der Waals surface area contributed by atoms with Gasteiger partial charge in [0.1, 0.15) is 11.6 Å². The number of amidine groups is 1. The highest BCUT2D eigenvalue weighted by molar-refractivity contribution is 5.79. The molecule has 1 aromatic rings. The van der Waals surface area contributed by atoms with E-state index in [0.29, 0.717) is 5.75 Å². The van der Waals surface area contributed by atoms with Crippen molar-refractivity contribution in [1.82, 2.24) is 0 Å². The lowest BCUT2D eigenvalue weighted by molar-refractivity contribution is -0.137. The summed E-state index contributed by atoms with van der Waals surface area (Å²) in [5, 5.41) is 11.0. The van der Waals surface area contributed by atoms with Crippen LogP contribution < -0.4 is 10.5 Å². The van der Waals surface area contributed by atoms with Crippen molar-refractivity contribution in [3.05, 3.63) is 29.8 Å². The van der Waals surface area contributed by atoms with Crippen LogP contribution in [0.2, 0.25) is 0 Å². The van der Waals surface area contributed by atoms with Crippen LogP contribution in [0.25, 0.3) is 0 Å². The van der Waals surface area contributed by atoms with Crippen LogP contribution in [-0.2, 0) is 6.18 Å². The van der Waals surface area contributed by atoms with Crippen molar-refractivity contribution in [2.24, 2.45) is 10.9 Å². The van der Waals surface area contributed by atoms with Gasteiger partial charge in [-0.05, 0) is 24.3 Å². The zero-order valence-corrected chi connectivity index (χ0v) is 8.74. The molecule has 0 saturated heterocycles. The third-order valence-electron chi connectivity index (χ3n) is 1.94. The maximum absolute atomic E-state index is 12.2. The van der Waals surface area contributed by atoms with Gasteiger partial charge in [0, 0.05) is 6.42 Å². The van der Waals surface area contributed by atoms with Gasteiger partial charge in [-0.2, -0.15) is 13.2 Å². The average molecular weight is 248 g/mol. The Morgan fingerprint density at radius 2 is 1.88 bits per heavy atom. The molecule has 0 aliphatic carbocycles. The minimum atomic E-state index is -4.35. The van der Waals surface area contributed by atoms with Gasteiger partial charge in [-0.1, -0.05) is 5.16 Å². The van der Waals surface area contributed by atoms with Crippen molar-refractivity contribution < 1.29 is 23.1 Å². The van der Waals surface area contributed by atoms with E-state index in [-0.39, 0.29) is 18.9 Å². The Labute approximate surface area is 95.5 Å². The molecule has 7 heteroatoms. The summed E-state index contributed by atoms with van der Waals surface area (Å²) in [7, 11) is 0. The van der Waals surface area contributed by atoms with Gasteiger partial charge in [-0.25, -0.2) is 0 Å². The smallest absolute Gasteiger partial charge is 0.416 e. The molecule has 0 atom stereocenters. The maximum Gasteiger partial charge on any atom is 0.416 e. The molecule has 0 aliphatic heterocycles. The van der Waals surface area contributed by atoms with Crippen LogP contribution in [0.15, 0.2) is 29.4 Å². The Balaban J connectivity index is 2.52. The summed E-state index contributed by atoms with van der Waals surface area (Å²) in [5.41, 5.74) is 4.45. The number of oxime groups is 1. The van der Waals surface area contributed by atoms with Gasteiger partial charge in [0.2, 0.25) is 0 Å². The van der Waals surface area contributed by atoms with Gasteiger partial charge in [-0.15, -0.1) is 0 Å². The number of benzene rings is 1. The molecule has 0 amide bonds. The molecular formula is C10H11F3N2O2. The first kappa shape index (κ1) is 13.1. The Bertz CT molecular complexity index is 388. The Kier molecular flexibility index (Phi) is 4.19. The van der Waals surface area contributed by atoms with Crippen molar-refractivity contribution in [3.8, 4) is 5.75 Å². The second kappa shape index (κ2) is 5.42. The number of nitrogens with zero attached hydrogens (tertiary/aromatic N) is 1. The van der Waals surface area contributed by atoms with Gasteiger partial charge in [-0.3, -0.25) is 0 Å². The average Bonchev–Trinajstić information content (AvgIpc) is 2.28. The number of halogens is 3. The van der Waals surface area contributed by atoms with Crippen molar-refractivity contribution in [2.75, 3.05) is 6.61 Å². The Hall–Kier alpha value is -1.92. The first-order valence-corrected chi connectivity index (χ1v) is 4.70. The molecule has 0 aliphatic rings. The van der Waals surface area contributed by atoms with Crippen LogP contribution in [0.3, 0.4) is 0 Å². The molecule has 17 heavy (non-hydrogen) atoms. The summed E-state index contributed by atoms with van der Waals surface area (Å²) < 4.78 is 41.8. The van der Waals surface area contributed by atoms with Crippen molar-refractivity contribution in [2.45, 2.75) is 12.6 Å². The molecular weight excluding hydrogens is 237 g/mol. The Morgan fingerprint density at radius 1 is 1.29 bits per heavy atom. The fourth-order valence-electron chi connectivity index (χ4n) is 1.06. The number of alkyl halides is 3. The van der Waals surface area contributed by atoms with Crippen LogP contribution in [-0.4, -0.2) is 17.6 Å². The summed E-state index contributed by atoms with van der Waals surface area (Å²) in [6.45, 7) is 0.126. The van der Waals surface area contributed by atoms with E-state index in [4.69, 9.17) is 15.7 Å². The van der Waals surface area contributed by atoms with Crippen LogP contribution in [0, 0.1) is 0 Å². The fourth-order valence-corrected chi connectivity index (χ4v) is 1.06. The molecule has 3 N–H and O–H groups in total. The third kappa shape index (κ3) is 4.21. The van der Waals surface area contributed by atoms with E-state index in [1.54, 1.807) is 0 Å².